The number of hydrogen-bond donors (Lipinski definition) is 0. The van der Waals surface area contributed by atoms with E-state index in [4.69, 9.17) is 15.0 Å². The van der Waals surface area contributed by atoms with Crippen LogP contribution in [0.5, 0.6) is 0 Å². The van der Waals surface area contributed by atoms with Crippen molar-refractivity contribution in [2.24, 2.45) is 0 Å². The fraction of sp³-hybridized carbons (Fsp3) is 0. The van der Waals surface area contributed by atoms with Crippen LogP contribution in [0.4, 0.5) is 0 Å². The summed E-state index contributed by atoms with van der Waals surface area (Å²) in [5, 5.41) is 7.19. The highest BCUT2D eigenvalue weighted by atomic mass is 15.0. The molecule has 0 amide bonds. The van der Waals surface area contributed by atoms with Crippen molar-refractivity contribution >= 4 is 54.4 Å². The van der Waals surface area contributed by atoms with Gasteiger partial charge in [0.25, 0.3) is 0 Å². The third kappa shape index (κ3) is 4.77. The van der Waals surface area contributed by atoms with Crippen molar-refractivity contribution in [3.05, 3.63) is 200 Å². The van der Waals surface area contributed by atoms with E-state index in [1.807, 2.05) is 36.4 Å². The SMILES string of the molecule is c1ccc(-c2nc(-c3ccccc3)nc(-c3cc(-n4c5ccccc5c5cc6c(cc54)-c4ccccc4-n4c5ccccc5c5cccc-6c54)c4ccccc4c3)n2)cc1. The Kier molecular flexibility index (Phi) is 6.95. The second-order valence-electron chi connectivity index (χ2n) is 15.6. The van der Waals surface area contributed by atoms with E-state index >= 15 is 0 Å². The van der Waals surface area contributed by atoms with Crippen molar-refractivity contribution in [3.63, 3.8) is 0 Å². The molecule has 3 aromatic heterocycles. The molecule has 0 saturated heterocycles. The predicted octanol–water partition coefficient (Wildman–Crippen LogP) is 13.9. The van der Waals surface area contributed by atoms with Gasteiger partial charge in [-0.25, -0.2) is 15.0 Å². The van der Waals surface area contributed by atoms with Gasteiger partial charge < -0.3 is 9.13 Å². The number of rotatable bonds is 4. The maximum atomic E-state index is 5.17. The number of para-hydroxylation sites is 4. The quantitative estimate of drug-likeness (QED) is 0.179. The summed E-state index contributed by atoms with van der Waals surface area (Å²) in [6, 6.07) is 71.6. The van der Waals surface area contributed by atoms with Crippen LogP contribution in [0.15, 0.2) is 200 Å². The van der Waals surface area contributed by atoms with Gasteiger partial charge >= 0.3 is 0 Å². The molecule has 278 valence electrons. The molecule has 0 bridgehead atoms. The average Bonchev–Trinajstić information content (AvgIpc) is 3.79. The molecule has 0 atom stereocenters. The molecule has 5 nitrogen and oxygen atoms in total. The fourth-order valence-corrected chi connectivity index (χ4v) is 9.65. The van der Waals surface area contributed by atoms with Crippen LogP contribution in [0, 0.1) is 0 Å². The lowest BCUT2D eigenvalue weighted by molar-refractivity contribution is 1.07. The van der Waals surface area contributed by atoms with Gasteiger partial charge in [-0.1, -0.05) is 158 Å². The van der Waals surface area contributed by atoms with E-state index in [1.54, 1.807) is 0 Å². The Labute approximate surface area is 345 Å². The highest BCUT2D eigenvalue weighted by Gasteiger charge is 2.27. The van der Waals surface area contributed by atoms with Crippen LogP contribution in [-0.4, -0.2) is 24.1 Å². The molecule has 0 N–H and O–H groups in total. The van der Waals surface area contributed by atoms with E-state index in [1.165, 1.54) is 60.5 Å². The molecule has 0 fully saturated rings. The lowest BCUT2D eigenvalue weighted by atomic mass is 9.92. The first-order valence-corrected chi connectivity index (χ1v) is 20.4. The van der Waals surface area contributed by atoms with Crippen LogP contribution in [0.25, 0.3) is 122 Å². The van der Waals surface area contributed by atoms with E-state index < -0.39 is 0 Å². The van der Waals surface area contributed by atoms with Crippen LogP contribution >= 0.6 is 0 Å². The summed E-state index contributed by atoms with van der Waals surface area (Å²) in [5.74, 6) is 1.90. The van der Waals surface area contributed by atoms with Gasteiger partial charge in [-0.2, -0.15) is 0 Å². The van der Waals surface area contributed by atoms with E-state index in [2.05, 4.69) is 173 Å². The monoisotopic (exact) mass is 763 g/mol. The van der Waals surface area contributed by atoms with Crippen LogP contribution in [-0.2, 0) is 0 Å². The Balaban J connectivity index is 1.11. The van der Waals surface area contributed by atoms with Crippen LogP contribution in [0.3, 0.4) is 0 Å². The summed E-state index contributed by atoms with van der Waals surface area (Å²) in [6.07, 6.45) is 0. The first-order chi connectivity index (χ1) is 29.8. The lowest BCUT2D eigenvalue weighted by Crippen LogP contribution is -2.02. The average molecular weight is 764 g/mol. The molecule has 13 rings (SSSR count). The second-order valence-corrected chi connectivity index (χ2v) is 15.6. The molecule has 1 aliphatic heterocycles. The number of nitrogens with zero attached hydrogens (tertiary/aromatic N) is 5. The minimum absolute atomic E-state index is 0.625. The fourth-order valence-electron chi connectivity index (χ4n) is 9.65. The molecule has 0 aliphatic carbocycles. The number of fused-ring (bicyclic) bond motifs is 12. The highest BCUT2D eigenvalue weighted by Crippen LogP contribution is 2.49. The van der Waals surface area contributed by atoms with E-state index in [9.17, 15) is 0 Å². The first-order valence-electron chi connectivity index (χ1n) is 20.4. The zero-order valence-corrected chi connectivity index (χ0v) is 32.3. The van der Waals surface area contributed by atoms with Crippen molar-refractivity contribution in [1.82, 2.24) is 24.1 Å². The van der Waals surface area contributed by atoms with Gasteiger partial charge in [0.1, 0.15) is 0 Å². The summed E-state index contributed by atoms with van der Waals surface area (Å²) in [5.41, 5.74) is 14.7. The molecule has 60 heavy (non-hydrogen) atoms. The van der Waals surface area contributed by atoms with Gasteiger partial charge in [0.2, 0.25) is 0 Å². The molecule has 9 aromatic carbocycles. The van der Waals surface area contributed by atoms with Crippen molar-refractivity contribution in [1.29, 1.82) is 0 Å². The molecule has 0 unspecified atom stereocenters. The van der Waals surface area contributed by atoms with Gasteiger partial charge in [0, 0.05) is 54.7 Å². The normalized spacial score (nSPS) is 12.0. The number of benzene rings is 9. The first kappa shape index (κ1) is 32.9. The van der Waals surface area contributed by atoms with Crippen LogP contribution in [0.2, 0.25) is 0 Å². The second kappa shape index (κ2) is 12.7. The highest BCUT2D eigenvalue weighted by molar-refractivity contribution is 6.19. The molecule has 0 saturated carbocycles. The summed E-state index contributed by atoms with van der Waals surface area (Å²) in [7, 11) is 0. The van der Waals surface area contributed by atoms with Crippen molar-refractivity contribution in [2.45, 2.75) is 0 Å². The van der Waals surface area contributed by atoms with Gasteiger partial charge in [0.15, 0.2) is 17.5 Å². The number of aromatic nitrogens is 5. The molecule has 1 aliphatic rings. The maximum Gasteiger partial charge on any atom is 0.164 e. The van der Waals surface area contributed by atoms with Crippen molar-refractivity contribution in [2.75, 3.05) is 0 Å². The van der Waals surface area contributed by atoms with E-state index in [0.717, 1.165) is 44.2 Å². The maximum absolute atomic E-state index is 5.17. The van der Waals surface area contributed by atoms with Gasteiger partial charge in [-0.05, 0) is 59.0 Å². The lowest BCUT2D eigenvalue weighted by Gasteiger charge is -2.16. The molecular weight excluding hydrogens is 731 g/mol. The standard InChI is InChI=1S/C55H33N5/c1-3-16-34(17-4-1)53-56-54(35-18-5-2-6-19-35)58-55(57-53)37-30-36-20-7-8-21-38(36)50(31-37)59-47-27-12-11-24-41(47)46-32-44-43-26-15-25-42-39-22-9-13-28-48(39)60(52(42)43)49-29-14-10-23-40(49)45(44)33-51(46)59/h1-33H. The third-order valence-corrected chi connectivity index (χ3v) is 12.3. The molecular formula is C55H33N5. The molecule has 5 heteroatoms. The molecule has 0 radical (unpaired) electrons. The smallest absolute Gasteiger partial charge is 0.164 e. The number of hydrogen-bond acceptors (Lipinski definition) is 3. The van der Waals surface area contributed by atoms with Crippen molar-refractivity contribution in [3.8, 4) is 67.8 Å². The van der Waals surface area contributed by atoms with E-state index in [0.29, 0.717) is 17.5 Å². The zero-order chi connectivity index (χ0) is 39.3. The third-order valence-electron chi connectivity index (χ3n) is 12.3. The van der Waals surface area contributed by atoms with Gasteiger partial charge in [-0.3, -0.25) is 0 Å². The molecule has 12 aromatic rings. The Morgan fingerprint density at radius 3 is 1.55 bits per heavy atom. The Hall–Kier alpha value is -8.15. The largest absolute Gasteiger partial charge is 0.309 e. The van der Waals surface area contributed by atoms with Crippen LogP contribution in [0.1, 0.15) is 0 Å². The topological polar surface area (TPSA) is 48.5 Å². The summed E-state index contributed by atoms with van der Waals surface area (Å²) in [4.78, 5) is 15.3. The molecule has 0 spiro atoms. The minimum atomic E-state index is 0.625. The van der Waals surface area contributed by atoms with E-state index in [-0.39, 0.29) is 0 Å². The zero-order valence-electron chi connectivity index (χ0n) is 32.3. The van der Waals surface area contributed by atoms with Crippen molar-refractivity contribution < 1.29 is 0 Å². The Morgan fingerprint density at radius 1 is 0.283 bits per heavy atom. The predicted molar refractivity (Wildman–Crippen MR) is 247 cm³/mol. The van der Waals surface area contributed by atoms with Crippen LogP contribution < -0.4 is 0 Å². The summed E-state index contributed by atoms with van der Waals surface area (Å²) in [6.45, 7) is 0. The van der Waals surface area contributed by atoms with Gasteiger partial charge in [0.05, 0.1) is 33.4 Å². The van der Waals surface area contributed by atoms with Gasteiger partial charge in [-0.15, -0.1) is 0 Å². The molecule has 4 heterocycles. The minimum Gasteiger partial charge on any atom is -0.309 e. The Bertz CT molecular complexity index is 3650. The summed E-state index contributed by atoms with van der Waals surface area (Å²) < 4.78 is 4.93. The Morgan fingerprint density at radius 2 is 0.817 bits per heavy atom. The summed E-state index contributed by atoms with van der Waals surface area (Å²) >= 11 is 0.